The zero-order chi connectivity index (χ0) is 12.5. The minimum absolute atomic E-state index is 0.0590. The average molecular weight is 256 g/mol. The van der Waals surface area contributed by atoms with Crippen LogP contribution in [0.5, 0.6) is 0 Å². The van der Waals surface area contributed by atoms with Crippen molar-refractivity contribution >= 4 is 10.0 Å². The first-order valence-electron chi connectivity index (χ1n) is 5.07. The largest absolute Gasteiger partial charge is 0.361 e. The van der Waals surface area contributed by atoms with E-state index in [4.69, 9.17) is 10.00 Å². The van der Waals surface area contributed by atoms with Gasteiger partial charge < -0.3 is 4.74 Å². The number of nitrogens with one attached hydrogen (secondary N) is 1. The number of nitrogens with zero attached hydrogens (tertiary/aromatic N) is 3. The lowest BCUT2D eigenvalue weighted by Gasteiger charge is -2.28. The molecule has 2 heterocycles. The number of nitriles is 1. The highest BCUT2D eigenvalue weighted by atomic mass is 32.2. The maximum absolute atomic E-state index is 12.2. The number of H-pyrrole nitrogens is 1. The standard InChI is InChI=1S/C9H12N4O3S/c1-7-9(5-11-12-7)17(14,15)13-2-3-16-8(4-10)6-13/h5,8H,2-3,6H2,1H3,(H,11,12). The molecule has 0 aliphatic carbocycles. The lowest BCUT2D eigenvalue weighted by molar-refractivity contribution is 0.0311. The number of morpholine rings is 1. The van der Waals surface area contributed by atoms with Gasteiger partial charge >= 0.3 is 0 Å². The van der Waals surface area contributed by atoms with E-state index in [1.165, 1.54) is 10.5 Å². The summed E-state index contributed by atoms with van der Waals surface area (Å²) in [4.78, 5) is 0.149. The molecule has 1 unspecified atom stereocenters. The smallest absolute Gasteiger partial charge is 0.246 e. The van der Waals surface area contributed by atoms with E-state index in [2.05, 4.69) is 10.2 Å². The third-order valence-corrected chi connectivity index (χ3v) is 4.55. The molecule has 1 atom stereocenters. The zero-order valence-electron chi connectivity index (χ0n) is 9.25. The normalized spacial score (nSPS) is 22.2. The van der Waals surface area contributed by atoms with Crippen molar-refractivity contribution in [3.63, 3.8) is 0 Å². The van der Waals surface area contributed by atoms with Crippen LogP contribution in [-0.2, 0) is 14.8 Å². The highest BCUT2D eigenvalue weighted by molar-refractivity contribution is 7.89. The minimum Gasteiger partial charge on any atom is -0.361 e. The second-order valence-electron chi connectivity index (χ2n) is 3.71. The van der Waals surface area contributed by atoms with E-state index >= 15 is 0 Å². The van der Waals surface area contributed by atoms with Gasteiger partial charge in [0.1, 0.15) is 4.90 Å². The van der Waals surface area contributed by atoms with E-state index in [0.717, 1.165) is 0 Å². The monoisotopic (exact) mass is 256 g/mol. The van der Waals surface area contributed by atoms with Crippen LogP contribution in [0.25, 0.3) is 0 Å². The van der Waals surface area contributed by atoms with Crippen LogP contribution in [0, 0.1) is 18.3 Å². The minimum atomic E-state index is -3.58. The molecule has 1 aliphatic heterocycles. The van der Waals surface area contributed by atoms with Crippen molar-refractivity contribution in [2.75, 3.05) is 19.7 Å². The molecule has 0 amide bonds. The second kappa shape index (κ2) is 4.44. The van der Waals surface area contributed by atoms with E-state index in [1.54, 1.807) is 6.92 Å². The maximum Gasteiger partial charge on any atom is 0.246 e. The fraction of sp³-hybridized carbons (Fsp3) is 0.556. The Morgan fingerprint density at radius 1 is 1.71 bits per heavy atom. The molecule has 0 saturated carbocycles. The molecule has 1 aromatic heterocycles. The van der Waals surface area contributed by atoms with Crippen molar-refractivity contribution in [2.45, 2.75) is 17.9 Å². The molecule has 0 spiro atoms. The SMILES string of the molecule is Cc1[nH]ncc1S(=O)(=O)N1CCOC(C#N)C1. The summed E-state index contributed by atoms with van der Waals surface area (Å²) in [5.74, 6) is 0. The maximum atomic E-state index is 12.2. The Bertz CT molecular complexity index is 545. The van der Waals surface area contributed by atoms with Crippen molar-refractivity contribution in [3.8, 4) is 6.07 Å². The molecule has 8 heteroatoms. The number of sulfonamides is 1. The first-order valence-corrected chi connectivity index (χ1v) is 6.51. The average Bonchev–Trinajstić information content (AvgIpc) is 2.76. The first kappa shape index (κ1) is 12.0. The first-order chi connectivity index (χ1) is 8.05. The van der Waals surface area contributed by atoms with E-state index < -0.39 is 16.1 Å². The third-order valence-electron chi connectivity index (χ3n) is 2.57. The van der Waals surface area contributed by atoms with Gasteiger partial charge in [0.25, 0.3) is 0 Å². The number of aromatic nitrogens is 2. The molecule has 7 nitrogen and oxygen atoms in total. The van der Waals surface area contributed by atoms with E-state index in [0.29, 0.717) is 5.69 Å². The molecule has 0 bridgehead atoms. The van der Waals surface area contributed by atoms with Crippen molar-refractivity contribution in [3.05, 3.63) is 11.9 Å². The number of rotatable bonds is 2. The Labute approximate surface area is 99.0 Å². The van der Waals surface area contributed by atoms with Crippen LogP contribution in [0.1, 0.15) is 5.69 Å². The number of aryl methyl sites for hydroxylation is 1. The van der Waals surface area contributed by atoms with Crippen molar-refractivity contribution in [1.29, 1.82) is 5.26 Å². The van der Waals surface area contributed by atoms with Crippen LogP contribution in [-0.4, -0.2) is 48.7 Å². The van der Waals surface area contributed by atoms with Gasteiger partial charge in [-0.15, -0.1) is 0 Å². The van der Waals surface area contributed by atoms with Crippen LogP contribution in [0.4, 0.5) is 0 Å². The Morgan fingerprint density at radius 3 is 3.06 bits per heavy atom. The number of hydrogen-bond acceptors (Lipinski definition) is 5. The Morgan fingerprint density at radius 2 is 2.47 bits per heavy atom. The van der Waals surface area contributed by atoms with Crippen molar-refractivity contribution in [1.82, 2.24) is 14.5 Å². The molecule has 0 radical (unpaired) electrons. The highest BCUT2D eigenvalue weighted by Crippen LogP contribution is 2.19. The zero-order valence-corrected chi connectivity index (χ0v) is 10.1. The molecule has 1 aromatic rings. The van der Waals surface area contributed by atoms with Crippen LogP contribution < -0.4 is 0 Å². The van der Waals surface area contributed by atoms with Gasteiger partial charge in [0, 0.05) is 6.54 Å². The van der Waals surface area contributed by atoms with Crippen molar-refractivity contribution < 1.29 is 13.2 Å². The summed E-state index contributed by atoms with van der Waals surface area (Å²) < 4.78 is 30.8. The molecule has 92 valence electrons. The van der Waals surface area contributed by atoms with Gasteiger partial charge in [0.05, 0.1) is 31.1 Å². The number of aromatic amines is 1. The molecule has 1 saturated heterocycles. The fourth-order valence-electron chi connectivity index (χ4n) is 1.66. The molecular formula is C9H12N4O3S. The molecular weight excluding hydrogens is 244 g/mol. The van der Waals surface area contributed by atoms with Gasteiger partial charge in [0.15, 0.2) is 6.10 Å². The molecule has 1 aliphatic rings. The van der Waals surface area contributed by atoms with Crippen LogP contribution in [0.3, 0.4) is 0 Å². The van der Waals surface area contributed by atoms with Gasteiger partial charge in [-0.05, 0) is 6.92 Å². The van der Waals surface area contributed by atoms with Crippen LogP contribution in [0.2, 0.25) is 0 Å². The van der Waals surface area contributed by atoms with Gasteiger partial charge in [-0.3, -0.25) is 5.10 Å². The summed E-state index contributed by atoms with van der Waals surface area (Å²) in [6, 6.07) is 1.91. The second-order valence-corrected chi connectivity index (χ2v) is 5.62. The van der Waals surface area contributed by atoms with Crippen LogP contribution in [0.15, 0.2) is 11.1 Å². The van der Waals surface area contributed by atoms with E-state index in [1.807, 2.05) is 6.07 Å². The predicted molar refractivity (Wildman–Crippen MR) is 57.4 cm³/mol. The summed E-state index contributed by atoms with van der Waals surface area (Å²) in [6.45, 7) is 2.19. The predicted octanol–water partition coefficient (Wildman–Crippen LogP) is -0.369. The summed E-state index contributed by atoms with van der Waals surface area (Å²) in [5.41, 5.74) is 0.491. The fourth-order valence-corrected chi connectivity index (χ4v) is 3.20. The van der Waals surface area contributed by atoms with Crippen molar-refractivity contribution in [2.24, 2.45) is 0 Å². The van der Waals surface area contributed by atoms with E-state index in [-0.39, 0.29) is 24.6 Å². The molecule has 0 aromatic carbocycles. The molecule has 1 fully saturated rings. The van der Waals surface area contributed by atoms with E-state index in [9.17, 15) is 8.42 Å². The quantitative estimate of drug-likeness (QED) is 0.778. The highest BCUT2D eigenvalue weighted by Gasteiger charge is 2.32. The lowest BCUT2D eigenvalue weighted by atomic mass is 10.3. The summed E-state index contributed by atoms with van der Waals surface area (Å²) >= 11 is 0. The lowest BCUT2D eigenvalue weighted by Crippen LogP contribution is -2.45. The summed E-state index contributed by atoms with van der Waals surface area (Å²) in [5, 5.41) is 15.0. The van der Waals surface area contributed by atoms with Crippen LogP contribution >= 0.6 is 0 Å². The Balaban J connectivity index is 2.28. The Kier molecular flexibility index (Phi) is 3.15. The number of hydrogen-bond donors (Lipinski definition) is 1. The molecule has 1 N–H and O–H groups in total. The summed E-state index contributed by atoms with van der Waals surface area (Å²) in [7, 11) is -3.58. The molecule has 17 heavy (non-hydrogen) atoms. The summed E-state index contributed by atoms with van der Waals surface area (Å²) in [6.07, 6.45) is 0.576. The topological polar surface area (TPSA) is 99.1 Å². The Hall–Kier alpha value is -1.43. The van der Waals surface area contributed by atoms with Gasteiger partial charge in [-0.1, -0.05) is 0 Å². The van der Waals surface area contributed by atoms with Gasteiger partial charge in [-0.2, -0.15) is 14.7 Å². The molecule has 2 rings (SSSR count). The third kappa shape index (κ3) is 2.17. The van der Waals surface area contributed by atoms with Gasteiger partial charge in [0.2, 0.25) is 10.0 Å². The number of ether oxygens (including phenoxy) is 1. The van der Waals surface area contributed by atoms with Gasteiger partial charge in [-0.25, -0.2) is 8.42 Å².